The molecular weight excluding hydrogens is 641 g/mol. The maximum atomic E-state index is 2.39. The summed E-state index contributed by atoms with van der Waals surface area (Å²) >= 11 is 0. The van der Waals surface area contributed by atoms with Gasteiger partial charge in [-0.25, -0.2) is 0 Å². The van der Waals surface area contributed by atoms with Gasteiger partial charge in [-0.1, -0.05) is 146 Å². The van der Waals surface area contributed by atoms with E-state index >= 15 is 0 Å². The summed E-state index contributed by atoms with van der Waals surface area (Å²) in [4.78, 5) is 2.39. The molecule has 2 nitrogen and oxygen atoms in total. The van der Waals surface area contributed by atoms with Crippen LogP contribution in [0.5, 0.6) is 0 Å². The maximum Gasteiger partial charge on any atom is 0.0561 e. The average Bonchev–Trinajstić information content (AvgIpc) is 3.56. The van der Waals surface area contributed by atoms with Gasteiger partial charge >= 0.3 is 0 Å². The van der Waals surface area contributed by atoms with Gasteiger partial charge in [-0.2, -0.15) is 0 Å². The van der Waals surface area contributed by atoms with Crippen LogP contribution >= 0.6 is 0 Å². The Labute approximate surface area is 308 Å². The third kappa shape index (κ3) is 4.59. The fourth-order valence-electron chi connectivity index (χ4n) is 8.97. The summed E-state index contributed by atoms with van der Waals surface area (Å²) < 4.78 is 2.39. The molecule has 0 N–H and O–H groups in total. The molecule has 53 heavy (non-hydrogen) atoms. The molecule has 0 saturated carbocycles. The number of hydrogen-bond acceptors (Lipinski definition) is 1. The molecule has 1 aliphatic carbocycles. The van der Waals surface area contributed by atoms with Crippen molar-refractivity contribution in [2.75, 3.05) is 4.90 Å². The molecular formula is C51H34N2. The molecule has 0 aliphatic heterocycles. The van der Waals surface area contributed by atoms with Crippen LogP contribution in [0.3, 0.4) is 0 Å². The molecule has 0 spiro atoms. The van der Waals surface area contributed by atoms with Gasteiger partial charge in [-0.05, 0) is 104 Å². The van der Waals surface area contributed by atoms with Crippen molar-refractivity contribution >= 4 is 60.4 Å². The predicted octanol–water partition coefficient (Wildman–Crippen LogP) is 13.7. The zero-order valence-electron chi connectivity index (χ0n) is 29.0. The highest BCUT2D eigenvalue weighted by molar-refractivity contribution is 6.11. The van der Waals surface area contributed by atoms with Crippen LogP contribution in [-0.4, -0.2) is 4.57 Å². The van der Waals surface area contributed by atoms with Gasteiger partial charge in [0.15, 0.2) is 0 Å². The molecule has 0 radical (unpaired) electrons. The zero-order chi connectivity index (χ0) is 34.9. The topological polar surface area (TPSA) is 8.17 Å². The van der Waals surface area contributed by atoms with E-state index in [4.69, 9.17) is 0 Å². The smallest absolute Gasteiger partial charge is 0.0561 e. The number of aromatic nitrogens is 1. The largest absolute Gasteiger partial charge is 0.310 e. The number of benzene rings is 9. The number of nitrogens with zero attached hydrogens (tertiary/aromatic N) is 2. The van der Waals surface area contributed by atoms with E-state index in [1.54, 1.807) is 0 Å². The fourth-order valence-corrected chi connectivity index (χ4v) is 8.97. The lowest BCUT2D eigenvalue weighted by atomic mass is 9.72. The maximum absolute atomic E-state index is 2.39. The molecule has 248 valence electrons. The zero-order valence-corrected chi connectivity index (χ0v) is 29.0. The van der Waals surface area contributed by atoms with Gasteiger partial charge in [-0.3, -0.25) is 0 Å². The highest BCUT2D eigenvalue weighted by Crippen LogP contribution is 2.51. The monoisotopic (exact) mass is 674 g/mol. The van der Waals surface area contributed by atoms with Crippen LogP contribution in [0, 0.1) is 0 Å². The van der Waals surface area contributed by atoms with Gasteiger partial charge < -0.3 is 9.47 Å². The van der Waals surface area contributed by atoms with Crippen molar-refractivity contribution < 1.29 is 0 Å². The summed E-state index contributed by atoms with van der Waals surface area (Å²) in [7, 11) is 0. The minimum absolute atomic E-state index is 0.104. The molecule has 1 aliphatic rings. The Bertz CT molecular complexity index is 2990. The van der Waals surface area contributed by atoms with E-state index in [2.05, 4.69) is 210 Å². The second-order valence-corrected chi connectivity index (χ2v) is 14.1. The molecule has 1 heterocycles. The van der Waals surface area contributed by atoms with Crippen LogP contribution in [0.2, 0.25) is 0 Å². The molecule has 10 aromatic rings. The number of rotatable bonds is 5. The molecule has 0 fully saturated rings. The molecule has 1 aromatic heterocycles. The Morgan fingerprint density at radius 3 is 1.87 bits per heavy atom. The molecule has 1 atom stereocenters. The van der Waals surface area contributed by atoms with Crippen LogP contribution in [0.4, 0.5) is 17.1 Å². The third-order valence-corrected chi connectivity index (χ3v) is 11.2. The first-order valence-corrected chi connectivity index (χ1v) is 18.4. The lowest BCUT2D eigenvalue weighted by Crippen LogP contribution is -2.13. The summed E-state index contributed by atoms with van der Waals surface area (Å²) in [6.45, 7) is 0. The first kappa shape index (κ1) is 29.8. The Kier molecular flexibility index (Phi) is 6.65. The summed E-state index contributed by atoms with van der Waals surface area (Å²) in [5, 5.41) is 7.75. The van der Waals surface area contributed by atoms with E-state index in [9.17, 15) is 0 Å². The van der Waals surface area contributed by atoms with Crippen molar-refractivity contribution in [3.05, 3.63) is 217 Å². The van der Waals surface area contributed by atoms with Gasteiger partial charge in [0.2, 0.25) is 0 Å². The second-order valence-electron chi connectivity index (χ2n) is 14.1. The summed E-state index contributed by atoms with van der Waals surface area (Å²) in [6.07, 6.45) is 0. The van der Waals surface area contributed by atoms with E-state index in [0.717, 1.165) is 22.7 Å². The van der Waals surface area contributed by atoms with Crippen LogP contribution < -0.4 is 4.90 Å². The van der Waals surface area contributed by atoms with E-state index in [0.29, 0.717) is 0 Å². The molecule has 9 aromatic carbocycles. The predicted molar refractivity (Wildman–Crippen MR) is 223 cm³/mol. The van der Waals surface area contributed by atoms with Crippen LogP contribution in [0.1, 0.15) is 22.6 Å². The van der Waals surface area contributed by atoms with Crippen molar-refractivity contribution in [3.8, 4) is 16.8 Å². The summed E-state index contributed by atoms with van der Waals surface area (Å²) in [5.74, 6) is 0.104. The highest BCUT2D eigenvalue weighted by atomic mass is 15.1. The van der Waals surface area contributed by atoms with E-state index < -0.39 is 0 Å². The van der Waals surface area contributed by atoms with Gasteiger partial charge in [0.25, 0.3) is 0 Å². The van der Waals surface area contributed by atoms with Crippen molar-refractivity contribution in [1.82, 2.24) is 4.57 Å². The van der Waals surface area contributed by atoms with Gasteiger partial charge in [-0.15, -0.1) is 0 Å². The Morgan fingerprint density at radius 1 is 0.396 bits per heavy atom. The number of hydrogen-bond donors (Lipinski definition) is 0. The quantitative estimate of drug-likeness (QED) is 0.176. The lowest BCUT2D eigenvalue weighted by Gasteiger charge is -2.31. The molecule has 0 saturated heterocycles. The summed E-state index contributed by atoms with van der Waals surface area (Å²) in [6, 6.07) is 73.4. The molecule has 11 rings (SSSR count). The minimum Gasteiger partial charge on any atom is -0.310 e. The van der Waals surface area contributed by atoms with Gasteiger partial charge in [0, 0.05) is 39.4 Å². The van der Waals surface area contributed by atoms with E-state index in [1.807, 2.05) is 0 Å². The standard InChI is InChI=1S/C51H34N2/c1-3-16-37(17-4-1)52(40-30-32-43-42-21-9-10-24-47(42)53(48(43)33-40)38-18-5-2-6-19-38)39-28-25-36(26-29-39)50-46-23-12-15-35-14-11-22-44(49(35)46)45-31-27-34-13-7-8-20-41(34)51(45)50/h1-33,50H. The number of para-hydroxylation sites is 3. The molecule has 0 bridgehead atoms. The molecule has 1 unspecified atom stereocenters. The van der Waals surface area contributed by atoms with Crippen LogP contribution in [0.15, 0.2) is 200 Å². The van der Waals surface area contributed by atoms with E-state index in [1.165, 1.54) is 71.2 Å². The van der Waals surface area contributed by atoms with Gasteiger partial charge in [0.1, 0.15) is 0 Å². The van der Waals surface area contributed by atoms with Crippen molar-refractivity contribution in [2.24, 2.45) is 0 Å². The van der Waals surface area contributed by atoms with Crippen LogP contribution in [0.25, 0.3) is 60.2 Å². The Balaban J connectivity index is 1.10. The lowest BCUT2D eigenvalue weighted by molar-refractivity contribution is 0.994. The molecule has 0 amide bonds. The third-order valence-electron chi connectivity index (χ3n) is 11.2. The minimum atomic E-state index is 0.104. The number of fused-ring (bicyclic) bond motifs is 7. The normalized spacial score (nSPS) is 13.5. The SMILES string of the molecule is c1ccc(N(c2ccc(C3c4c(ccc5ccccc45)-c4cccc5cccc3c45)cc2)c2ccc3c4ccccc4n(-c4ccccc4)c3c2)cc1. The second kappa shape index (κ2) is 11.8. The van der Waals surface area contributed by atoms with Crippen molar-refractivity contribution in [3.63, 3.8) is 0 Å². The highest BCUT2D eigenvalue weighted by Gasteiger charge is 2.30. The Hall–Kier alpha value is -6.90. The fraction of sp³-hybridized carbons (Fsp3) is 0.0196. The average molecular weight is 675 g/mol. The molecule has 2 heteroatoms. The Morgan fingerprint density at radius 2 is 1.04 bits per heavy atom. The van der Waals surface area contributed by atoms with E-state index in [-0.39, 0.29) is 5.92 Å². The first-order chi connectivity index (χ1) is 26.3. The van der Waals surface area contributed by atoms with Crippen molar-refractivity contribution in [2.45, 2.75) is 5.92 Å². The number of anilines is 3. The first-order valence-electron chi connectivity index (χ1n) is 18.4. The van der Waals surface area contributed by atoms with Crippen molar-refractivity contribution in [1.29, 1.82) is 0 Å². The van der Waals surface area contributed by atoms with Crippen LogP contribution in [-0.2, 0) is 0 Å². The van der Waals surface area contributed by atoms with Gasteiger partial charge in [0.05, 0.1) is 11.0 Å². The summed E-state index contributed by atoms with van der Waals surface area (Å²) in [5.41, 5.74) is 13.6.